The van der Waals surface area contributed by atoms with Crippen LogP contribution in [0.25, 0.3) is 0 Å². The van der Waals surface area contributed by atoms with Crippen LogP contribution in [0.4, 0.5) is 0 Å². The summed E-state index contributed by atoms with van der Waals surface area (Å²) in [5.41, 5.74) is 23.4. The van der Waals surface area contributed by atoms with Crippen molar-refractivity contribution >= 4 is 88.7 Å². The highest BCUT2D eigenvalue weighted by atomic mass is 16.5. The molecule has 3 heterocycles. The first-order valence-corrected chi connectivity index (χ1v) is 42.5. The van der Waals surface area contributed by atoms with Crippen molar-refractivity contribution in [3.8, 4) is 5.75 Å². The van der Waals surface area contributed by atoms with E-state index >= 15 is 0 Å². The van der Waals surface area contributed by atoms with Gasteiger partial charge in [-0.1, -0.05) is 97.1 Å². The minimum absolute atomic E-state index is 0.00521. The maximum absolute atomic E-state index is 14.9. The number of esters is 1. The highest BCUT2D eigenvalue weighted by molar-refractivity contribution is 6.00. The number of nitrogens with one attached hydrogen (secondary N) is 11. The number of nitrogens with two attached hydrogens (primary N) is 4. The van der Waals surface area contributed by atoms with E-state index in [0.29, 0.717) is 49.2 Å². The van der Waals surface area contributed by atoms with E-state index in [4.69, 9.17) is 27.7 Å². The number of aromatic hydroxyl groups is 1. The van der Waals surface area contributed by atoms with Crippen molar-refractivity contribution < 1.29 is 118 Å². The lowest BCUT2D eigenvalue weighted by atomic mass is 9.99. The molecule has 1 aromatic carbocycles. The van der Waals surface area contributed by atoms with E-state index in [1.807, 2.05) is 0 Å². The zero-order valence-electron chi connectivity index (χ0n) is 71.4. The fraction of sp³-hybridized carbons (Fsp3) is 0.738. The molecular weight excluding hydrogens is 1600 g/mol. The van der Waals surface area contributed by atoms with Gasteiger partial charge in [0.1, 0.15) is 78.3 Å². The van der Waals surface area contributed by atoms with Gasteiger partial charge in [-0.25, -0.2) is 4.79 Å². The van der Waals surface area contributed by atoms with Gasteiger partial charge in [0.15, 0.2) is 0 Å². The number of ether oxygens (including phenoxy) is 1. The largest absolute Gasteiger partial charge is 0.508 e. The van der Waals surface area contributed by atoms with E-state index in [2.05, 4.69) is 65.4 Å². The van der Waals surface area contributed by atoms with Gasteiger partial charge in [0.25, 0.3) is 0 Å². The van der Waals surface area contributed by atoms with Gasteiger partial charge in [-0.2, -0.15) is 0 Å². The van der Waals surface area contributed by atoms with E-state index < -0.39 is 255 Å². The number of hydrogen-bond acceptors (Lipinski definition) is 28. The minimum Gasteiger partial charge on any atom is -0.508 e. The first-order valence-electron chi connectivity index (χ1n) is 42.5. The average Bonchev–Trinajstić information content (AvgIpc) is 1.63. The number of fused-ring (bicyclic) bond motifs is 2. The molecule has 122 heavy (non-hydrogen) atoms. The van der Waals surface area contributed by atoms with Crippen LogP contribution in [0.3, 0.4) is 0 Å². The SMILES string of the molecule is CCCCCCCCCCCCC[C@@H]1CC(=O)N[C@H]([C@@H](C)O)C(=O)N[C@H](C)C(=O)N[C@@H](Cc2ccc(O)cc2)C(=O)N[C@@H](C(C)C)C(=O)N2C[C@H](O)C[C@H]2C(=O)N[C@H]([C@@H](C)O)C(=O)N[C@@H]([C@@H](C)O)C(=O)N2CC[C@H](O)[C@H]2C(=O)N[C@@H]([C@H](O)CC(N)=O)C(=O)NCC(=O)N[C@H]([C@@H](C)O)C(=O)N[C@@H](CCCNC(=O)[C@@H](CCCN)N(CCN)CCN)C(=O)O1. The van der Waals surface area contributed by atoms with Crippen molar-refractivity contribution in [3.63, 3.8) is 0 Å². The summed E-state index contributed by atoms with van der Waals surface area (Å²) in [7, 11) is 0. The summed E-state index contributed by atoms with van der Waals surface area (Å²) in [4.78, 5) is 217. The Morgan fingerprint density at radius 1 is 0.557 bits per heavy atom. The summed E-state index contributed by atoms with van der Waals surface area (Å²) in [6, 6.07) is -15.6. The van der Waals surface area contributed by atoms with E-state index in [1.54, 1.807) is 4.90 Å². The topological polar surface area (TPSA) is 673 Å². The van der Waals surface area contributed by atoms with Crippen molar-refractivity contribution in [2.24, 2.45) is 28.9 Å². The van der Waals surface area contributed by atoms with E-state index in [-0.39, 0.29) is 64.0 Å². The Morgan fingerprint density at radius 2 is 1.07 bits per heavy atom. The monoisotopic (exact) mass is 1730 g/mol. The number of phenols is 1. The molecule has 0 unspecified atom stereocenters. The molecule has 3 saturated heterocycles. The summed E-state index contributed by atoms with van der Waals surface area (Å²) in [6.07, 6.45) is -6.43. The molecule has 0 saturated carbocycles. The standard InChI is InChI=1S/C80H136N18O24/c1-9-10-11-12-13-14-15-16-17-18-19-22-52-39-60(108)90-63(45(5)99)74(115)87-44(4)69(110)89-54(37-49-25-27-50(103)28-26-49)70(111)92-62(43(2)3)78(119)98-42-51(104)38-56(98)72(113)93-65(47(7)101)76(117)94-66(48(8)102)79(120)97-34-29-57(105)68(97)77(118)95-67(58(106)40-59(84)107)73(114)86-41-61(109)91-64(46(6)100)75(116)88-53(80(121)122-52)23-21-33-85-71(112)55(24-20-30-81)96(35-31-82)36-32-83/h25-28,43-48,51-58,62-68,99-106H,9-24,29-42,81-83H2,1-8H3,(H2,84,107)(H,85,112)(H,86,114)(H,87,115)(H,88,116)(H,89,110)(H,90,108)(H,91,109)(H,92,111)(H,93,113)(H,94,117)(H,95,118)/t44-,45-,46-,47-,48-,51-,52-,53+,54+,55-,56+,57+,58-,62+,63-,64-,65-,66+,67+,68+/m1/s1. The molecule has 3 aliphatic heterocycles. The van der Waals surface area contributed by atoms with Crippen molar-refractivity contribution in [1.29, 1.82) is 0 Å². The highest BCUT2D eigenvalue weighted by Gasteiger charge is 2.49. The Bertz CT molecular complexity index is 3580. The Kier molecular flexibility index (Phi) is 46.1. The molecule has 3 fully saturated rings. The Labute approximate surface area is 711 Å². The van der Waals surface area contributed by atoms with Crippen LogP contribution < -0.4 is 81.4 Å². The van der Waals surface area contributed by atoms with Crippen LogP contribution in [0.15, 0.2) is 24.3 Å². The number of unbranched alkanes of at least 4 members (excludes halogenated alkanes) is 10. The van der Waals surface area contributed by atoms with Crippen LogP contribution in [0, 0.1) is 5.92 Å². The van der Waals surface area contributed by atoms with Gasteiger partial charge in [-0.15, -0.1) is 0 Å². The maximum atomic E-state index is 14.9. The first-order chi connectivity index (χ1) is 57.7. The molecule has 0 bridgehead atoms. The second-order valence-electron chi connectivity index (χ2n) is 32.2. The number of carbonyl (C=O) groups excluding carboxylic acids is 15. The lowest BCUT2D eigenvalue weighted by molar-refractivity contribution is -0.155. The minimum atomic E-state index is -2.26. The predicted octanol–water partition coefficient (Wildman–Crippen LogP) is -6.99. The van der Waals surface area contributed by atoms with Crippen molar-refractivity contribution in [2.45, 2.75) is 312 Å². The van der Waals surface area contributed by atoms with Crippen molar-refractivity contribution in [3.05, 3.63) is 29.8 Å². The fourth-order valence-electron chi connectivity index (χ4n) is 14.6. The Morgan fingerprint density at radius 3 is 1.63 bits per heavy atom. The fourth-order valence-corrected chi connectivity index (χ4v) is 14.6. The molecule has 0 aromatic heterocycles. The molecule has 27 N–H and O–H groups in total. The molecule has 0 spiro atoms. The molecule has 690 valence electrons. The summed E-state index contributed by atoms with van der Waals surface area (Å²) in [6.45, 7) is 9.65. The number of nitrogens with zero attached hydrogens (tertiary/aromatic N) is 3. The smallest absolute Gasteiger partial charge is 0.328 e. The van der Waals surface area contributed by atoms with Gasteiger partial charge in [-0.05, 0) is 110 Å². The molecule has 14 amide bonds. The molecule has 0 radical (unpaired) electrons. The predicted molar refractivity (Wildman–Crippen MR) is 441 cm³/mol. The molecule has 3 aliphatic rings. The van der Waals surface area contributed by atoms with E-state index in [0.717, 1.165) is 90.4 Å². The quantitative estimate of drug-likeness (QED) is 0.0222. The number of hydrogen-bond donors (Lipinski definition) is 23. The third-order valence-electron chi connectivity index (χ3n) is 21.5. The molecule has 0 aliphatic carbocycles. The maximum Gasteiger partial charge on any atom is 0.328 e. The zero-order chi connectivity index (χ0) is 91.2. The van der Waals surface area contributed by atoms with Gasteiger partial charge in [-0.3, -0.25) is 72.0 Å². The zero-order valence-corrected chi connectivity index (χ0v) is 71.4. The molecule has 42 heteroatoms. The van der Waals surface area contributed by atoms with Crippen LogP contribution >= 0.6 is 0 Å². The summed E-state index contributed by atoms with van der Waals surface area (Å²) < 4.78 is 6.11. The number of aliphatic hydroxyl groups is 7. The number of primary amides is 1. The second kappa shape index (κ2) is 53.6. The molecule has 1 aromatic rings. The van der Waals surface area contributed by atoms with Gasteiger partial charge < -0.3 is 137 Å². The first kappa shape index (κ1) is 105. The molecule has 4 rings (SSSR count). The van der Waals surface area contributed by atoms with Gasteiger partial charge in [0.2, 0.25) is 82.7 Å². The number of aliphatic hydroxyl groups excluding tert-OH is 7. The third-order valence-corrected chi connectivity index (χ3v) is 21.5. The van der Waals surface area contributed by atoms with Crippen LogP contribution in [-0.4, -0.2) is 324 Å². The van der Waals surface area contributed by atoms with Crippen LogP contribution in [0.1, 0.15) is 189 Å². The number of amides is 14. The summed E-state index contributed by atoms with van der Waals surface area (Å²) in [5.74, 6) is -18.0. The van der Waals surface area contributed by atoms with Crippen molar-refractivity contribution in [1.82, 2.24) is 73.2 Å². The van der Waals surface area contributed by atoms with Crippen LogP contribution in [0.2, 0.25) is 0 Å². The average molecular weight is 1730 g/mol. The summed E-state index contributed by atoms with van der Waals surface area (Å²) >= 11 is 0. The van der Waals surface area contributed by atoms with Gasteiger partial charge in [0, 0.05) is 58.7 Å². The van der Waals surface area contributed by atoms with E-state index in [9.17, 15) is 113 Å². The van der Waals surface area contributed by atoms with E-state index in [1.165, 1.54) is 45.0 Å². The highest BCUT2D eigenvalue weighted by Crippen LogP contribution is 2.26. The molecule has 20 atom stereocenters. The number of benzene rings is 1. The number of cyclic esters (lactones) is 1. The number of phenolic OH excluding ortho intramolecular Hbond substituents is 1. The molecule has 42 nitrogen and oxygen atoms in total. The summed E-state index contributed by atoms with van der Waals surface area (Å²) in [5, 5.41) is 115. The van der Waals surface area contributed by atoms with Crippen molar-refractivity contribution in [2.75, 3.05) is 58.9 Å². The third kappa shape index (κ3) is 34.4. The van der Waals surface area contributed by atoms with Gasteiger partial charge in [0.05, 0.1) is 68.2 Å². The lowest BCUT2D eigenvalue weighted by Gasteiger charge is -2.34. The Balaban J connectivity index is 1.87. The Hall–Kier alpha value is -9.37. The van der Waals surface area contributed by atoms with Crippen LogP contribution in [-0.2, 0) is 83.1 Å². The van der Waals surface area contributed by atoms with Gasteiger partial charge >= 0.3 is 5.97 Å². The normalized spacial score (nSPS) is 26.5. The molecular formula is C80H136N18O24. The number of rotatable bonds is 35. The number of carbonyl (C=O) groups is 15. The second-order valence-corrected chi connectivity index (χ2v) is 32.2. The van der Waals surface area contributed by atoms with Crippen LogP contribution in [0.5, 0.6) is 5.75 Å². The lowest BCUT2D eigenvalue weighted by Crippen LogP contribution is -2.64.